The quantitative estimate of drug-likeness (QED) is 0.784. The van der Waals surface area contributed by atoms with E-state index in [1.54, 1.807) is 42.9 Å². The fourth-order valence-corrected chi connectivity index (χ4v) is 2.11. The van der Waals surface area contributed by atoms with Crippen molar-refractivity contribution in [2.24, 2.45) is 0 Å². The van der Waals surface area contributed by atoms with Crippen LogP contribution in [0.5, 0.6) is 0 Å². The molecule has 106 valence electrons. The molecule has 0 fully saturated rings. The normalized spacial score (nSPS) is 10.5. The molecule has 3 aromatic heterocycles. The zero-order valence-electron chi connectivity index (χ0n) is 10.7. The summed E-state index contributed by atoms with van der Waals surface area (Å²) in [7, 11) is 0. The van der Waals surface area contributed by atoms with Crippen molar-refractivity contribution in [2.75, 3.05) is 0 Å². The van der Waals surface area contributed by atoms with Gasteiger partial charge in [-0.25, -0.2) is 4.98 Å². The van der Waals surface area contributed by atoms with E-state index in [4.69, 9.17) is 8.83 Å². The predicted molar refractivity (Wildman–Crippen MR) is 77.3 cm³/mol. The summed E-state index contributed by atoms with van der Waals surface area (Å²) in [6.45, 7) is 0.223. The molecule has 0 unspecified atom stereocenters. The average molecular weight is 348 g/mol. The Morgan fingerprint density at radius 3 is 2.81 bits per heavy atom. The van der Waals surface area contributed by atoms with Gasteiger partial charge in [0.25, 0.3) is 5.91 Å². The van der Waals surface area contributed by atoms with Crippen LogP contribution in [0.25, 0.3) is 11.5 Å². The maximum absolute atomic E-state index is 11.9. The highest BCUT2D eigenvalue weighted by molar-refractivity contribution is 9.10. The molecule has 7 heteroatoms. The van der Waals surface area contributed by atoms with E-state index in [1.807, 2.05) is 0 Å². The zero-order chi connectivity index (χ0) is 14.7. The highest BCUT2D eigenvalue weighted by atomic mass is 79.9. The first-order chi connectivity index (χ1) is 10.2. The average Bonchev–Trinajstić information content (AvgIpc) is 3.16. The number of hydrogen-bond acceptors (Lipinski definition) is 5. The molecule has 0 atom stereocenters. The molecular formula is C14H10BrN3O3. The van der Waals surface area contributed by atoms with Crippen LogP contribution < -0.4 is 5.32 Å². The molecule has 0 aromatic carbocycles. The van der Waals surface area contributed by atoms with E-state index in [-0.39, 0.29) is 18.2 Å². The Hall–Kier alpha value is -2.41. The van der Waals surface area contributed by atoms with E-state index in [0.717, 1.165) is 0 Å². The number of halogens is 1. The van der Waals surface area contributed by atoms with Gasteiger partial charge in [-0.15, -0.1) is 0 Å². The van der Waals surface area contributed by atoms with Crippen LogP contribution in [0, 0.1) is 0 Å². The van der Waals surface area contributed by atoms with Crippen molar-refractivity contribution in [3.63, 3.8) is 0 Å². The second-order valence-corrected chi connectivity index (χ2v) is 4.90. The molecule has 3 aromatic rings. The Kier molecular flexibility index (Phi) is 3.83. The molecule has 0 bridgehead atoms. The molecule has 0 spiro atoms. The fourth-order valence-electron chi connectivity index (χ4n) is 1.80. The third-order valence-electron chi connectivity index (χ3n) is 2.74. The number of carbonyl (C=O) groups is 1. The molecular weight excluding hydrogens is 338 g/mol. The van der Waals surface area contributed by atoms with Crippen molar-refractivity contribution in [1.82, 2.24) is 15.3 Å². The van der Waals surface area contributed by atoms with Gasteiger partial charge in [-0.05, 0) is 40.2 Å². The van der Waals surface area contributed by atoms with Crippen LogP contribution in [0.3, 0.4) is 0 Å². The number of carbonyl (C=O) groups excluding carboxylic acids is 1. The van der Waals surface area contributed by atoms with Gasteiger partial charge in [0, 0.05) is 12.4 Å². The van der Waals surface area contributed by atoms with Crippen molar-refractivity contribution >= 4 is 21.8 Å². The minimum absolute atomic E-state index is 0.223. The summed E-state index contributed by atoms with van der Waals surface area (Å²) in [6, 6.07) is 6.81. The lowest BCUT2D eigenvalue weighted by molar-refractivity contribution is 0.0921. The van der Waals surface area contributed by atoms with Gasteiger partial charge < -0.3 is 14.2 Å². The van der Waals surface area contributed by atoms with E-state index in [9.17, 15) is 4.79 Å². The molecule has 6 nitrogen and oxygen atoms in total. The molecule has 0 saturated carbocycles. The minimum Gasteiger partial charge on any atom is -0.463 e. The Morgan fingerprint density at radius 1 is 1.24 bits per heavy atom. The van der Waals surface area contributed by atoms with Gasteiger partial charge in [0.05, 0.1) is 18.5 Å². The van der Waals surface area contributed by atoms with E-state index in [1.165, 1.54) is 0 Å². The Bertz CT molecular complexity index is 752. The molecule has 0 aliphatic heterocycles. The molecule has 0 radical (unpaired) electrons. The standard InChI is InChI=1S/C14H10BrN3O3/c15-12-4-3-11(21-12)14(19)18-8-9-13(17-6-5-16-9)10-2-1-7-20-10/h1-7H,8H2,(H,18,19). The number of rotatable bonds is 4. The van der Waals surface area contributed by atoms with Crippen molar-refractivity contribution in [3.05, 3.63) is 59.0 Å². The fraction of sp³-hybridized carbons (Fsp3) is 0.0714. The third kappa shape index (κ3) is 3.03. The first-order valence-electron chi connectivity index (χ1n) is 6.11. The number of nitrogens with zero attached hydrogens (tertiary/aromatic N) is 2. The SMILES string of the molecule is O=C(NCc1nccnc1-c1ccco1)c1ccc(Br)o1. The Labute approximate surface area is 128 Å². The van der Waals surface area contributed by atoms with Gasteiger partial charge in [-0.1, -0.05) is 0 Å². The molecule has 0 aliphatic carbocycles. The molecule has 3 heterocycles. The van der Waals surface area contributed by atoms with Crippen LogP contribution in [0.4, 0.5) is 0 Å². The van der Waals surface area contributed by atoms with Crippen LogP contribution in [0.1, 0.15) is 16.2 Å². The predicted octanol–water partition coefficient (Wildman–Crippen LogP) is 3.02. The summed E-state index contributed by atoms with van der Waals surface area (Å²) in [5.41, 5.74) is 1.22. The minimum atomic E-state index is -0.322. The van der Waals surface area contributed by atoms with Gasteiger partial charge >= 0.3 is 0 Å². The highest BCUT2D eigenvalue weighted by Crippen LogP contribution is 2.20. The van der Waals surface area contributed by atoms with Crippen molar-refractivity contribution < 1.29 is 13.6 Å². The van der Waals surface area contributed by atoms with Crippen LogP contribution >= 0.6 is 15.9 Å². The lowest BCUT2D eigenvalue weighted by atomic mass is 10.2. The lowest BCUT2D eigenvalue weighted by Gasteiger charge is -2.06. The molecule has 1 amide bonds. The van der Waals surface area contributed by atoms with Gasteiger partial charge in [0.15, 0.2) is 16.2 Å². The first-order valence-corrected chi connectivity index (χ1v) is 6.90. The van der Waals surface area contributed by atoms with Gasteiger partial charge in [0.1, 0.15) is 5.69 Å². The largest absolute Gasteiger partial charge is 0.463 e. The number of nitrogens with one attached hydrogen (secondary N) is 1. The third-order valence-corrected chi connectivity index (χ3v) is 3.17. The van der Waals surface area contributed by atoms with Crippen molar-refractivity contribution in [2.45, 2.75) is 6.54 Å². The number of amides is 1. The summed E-state index contributed by atoms with van der Waals surface area (Å²) in [5, 5.41) is 2.73. The first kappa shape index (κ1) is 13.6. The van der Waals surface area contributed by atoms with Crippen LogP contribution in [-0.2, 0) is 6.54 Å². The zero-order valence-corrected chi connectivity index (χ0v) is 12.3. The van der Waals surface area contributed by atoms with Gasteiger partial charge in [0.2, 0.25) is 0 Å². The van der Waals surface area contributed by atoms with Crippen LogP contribution in [0.15, 0.2) is 56.4 Å². The smallest absolute Gasteiger partial charge is 0.287 e. The van der Waals surface area contributed by atoms with E-state index < -0.39 is 0 Å². The van der Waals surface area contributed by atoms with Crippen molar-refractivity contribution in [3.8, 4) is 11.5 Å². The maximum atomic E-state index is 11.9. The van der Waals surface area contributed by atoms with E-state index in [2.05, 4.69) is 31.2 Å². The summed E-state index contributed by atoms with van der Waals surface area (Å²) in [4.78, 5) is 20.4. The van der Waals surface area contributed by atoms with Gasteiger partial charge in [-0.3, -0.25) is 9.78 Å². The second kappa shape index (κ2) is 5.92. The number of furan rings is 2. The van der Waals surface area contributed by atoms with Crippen LogP contribution in [0.2, 0.25) is 0 Å². The molecule has 21 heavy (non-hydrogen) atoms. The van der Waals surface area contributed by atoms with E-state index >= 15 is 0 Å². The monoisotopic (exact) mass is 347 g/mol. The van der Waals surface area contributed by atoms with Crippen molar-refractivity contribution in [1.29, 1.82) is 0 Å². The summed E-state index contributed by atoms with van der Waals surface area (Å²) in [6.07, 6.45) is 4.71. The topological polar surface area (TPSA) is 81.2 Å². The molecule has 3 rings (SSSR count). The number of hydrogen-bond donors (Lipinski definition) is 1. The molecule has 1 N–H and O–H groups in total. The number of aromatic nitrogens is 2. The molecule has 0 saturated heterocycles. The Balaban J connectivity index is 1.75. The highest BCUT2D eigenvalue weighted by Gasteiger charge is 2.14. The maximum Gasteiger partial charge on any atom is 0.287 e. The Morgan fingerprint density at radius 2 is 2.10 bits per heavy atom. The van der Waals surface area contributed by atoms with E-state index in [0.29, 0.717) is 21.8 Å². The lowest BCUT2D eigenvalue weighted by Crippen LogP contribution is -2.23. The molecule has 0 aliphatic rings. The summed E-state index contributed by atoms with van der Waals surface area (Å²) >= 11 is 3.15. The van der Waals surface area contributed by atoms with Gasteiger partial charge in [-0.2, -0.15) is 0 Å². The summed E-state index contributed by atoms with van der Waals surface area (Å²) < 4.78 is 11.0. The second-order valence-electron chi connectivity index (χ2n) is 4.12. The summed E-state index contributed by atoms with van der Waals surface area (Å²) in [5.74, 6) is 0.509. The van der Waals surface area contributed by atoms with Crippen LogP contribution in [-0.4, -0.2) is 15.9 Å².